The van der Waals surface area contributed by atoms with Gasteiger partial charge in [0.25, 0.3) is 0 Å². The summed E-state index contributed by atoms with van der Waals surface area (Å²) in [6.07, 6.45) is 0. The zero-order valence-corrected chi connectivity index (χ0v) is 11.7. The Labute approximate surface area is 118 Å². The van der Waals surface area contributed by atoms with Crippen LogP contribution in [0.3, 0.4) is 0 Å². The number of nitrogens with two attached hydrogens (primary N) is 1. The van der Waals surface area contributed by atoms with E-state index in [-0.39, 0.29) is 5.82 Å². The Kier molecular flexibility index (Phi) is 3.93. The molecular formula is C13H10BrFN2S. The minimum Gasteiger partial charge on any atom is -0.389 e. The third kappa shape index (κ3) is 3.05. The molecule has 0 aliphatic rings. The Morgan fingerprint density at radius 1 is 1.11 bits per heavy atom. The van der Waals surface area contributed by atoms with Crippen LogP contribution in [0.25, 0.3) is 0 Å². The molecule has 0 heterocycles. The Hall–Kier alpha value is -1.46. The fourth-order valence-electron chi connectivity index (χ4n) is 1.46. The van der Waals surface area contributed by atoms with Gasteiger partial charge in [0.2, 0.25) is 0 Å². The smallest absolute Gasteiger partial charge is 0.139 e. The summed E-state index contributed by atoms with van der Waals surface area (Å²) in [5, 5.41) is 3.09. The van der Waals surface area contributed by atoms with Gasteiger partial charge in [-0.3, -0.25) is 0 Å². The highest BCUT2D eigenvalue weighted by molar-refractivity contribution is 9.10. The molecular weight excluding hydrogens is 315 g/mol. The zero-order valence-electron chi connectivity index (χ0n) is 9.28. The van der Waals surface area contributed by atoms with Gasteiger partial charge in [-0.1, -0.05) is 12.2 Å². The molecule has 2 rings (SSSR count). The Bertz CT molecular complexity index is 584. The first-order valence-corrected chi connectivity index (χ1v) is 6.38. The SMILES string of the molecule is NC(=S)c1ccc(Nc2ccc(Br)c(F)c2)cc1. The first-order valence-electron chi connectivity index (χ1n) is 5.18. The van der Waals surface area contributed by atoms with E-state index in [2.05, 4.69) is 21.2 Å². The largest absolute Gasteiger partial charge is 0.389 e. The van der Waals surface area contributed by atoms with Crippen molar-refractivity contribution in [3.05, 3.63) is 58.3 Å². The molecule has 2 aromatic rings. The Balaban J connectivity index is 2.18. The molecule has 5 heteroatoms. The molecule has 0 fully saturated rings. The number of anilines is 2. The highest BCUT2D eigenvalue weighted by Gasteiger charge is 2.01. The highest BCUT2D eigenvalue weighted by Crippen LogP contribution is 2.22. The molecule has 3 N–H and O–H groups in total. The second kappa shape index (κ2) is 5.46. The predicted octanol–water partition coefficient (Wildman–Crippen LogP) is 3.97. The number of halogens is 2. The molecule has 0 aliphatic heterocycles. The lowest BCUT2D eigenvalue weighted by molar-refractivity contribution is 0.622. The fraction of sp³-hybridized carbons (Fsp3) is 0. The number of hydrogen-bond donors (Lipinski definition) is 2. The maximum absolute atomic E-state index is 13.3. The number of rotatable bonds is 3. The predicted molar refractivity (Wildman–Crippen MR) is 79.7 cm³/mol. The molecule has 0 unspecified atom stereocenters. The molecule has 0 spiro atoms. The van der Waals surface area contributed by atoms with Gasteiger partial charge in [0.1, 0.15) is 10.8 Å². The van der Waals surface area contributed by atoms with Crippen molar-refractivity contribution in [3.63, 3.8) is 0 Å². The lowest BCUT2D eigenvalue weighted by atomic mass is 10.2. The first-order chi connectivity index (χ1) is 8.56. The highest BCUT2D eigenvalue weighted by atomic mass is 79.9. The molecule has 0 aromatic heterocycles. The van der Waals surface area contributed by atoms with E-state index in [1.807, 2.05) is 24.3 Å². The average Bonchev–Trinajstić information content (AvgIpc) is 2.34. The van der Waals surface area contributed by atoms with Crippen LogP contribution in [-0.4, -0.2) is 4.99 Å². The average molecular weight is 325 g/mol. The van der Waals surface area contributed by atoms with Crippen molar-refractivity contribution in [3.8, 4) is 0 Å². The molecule has 0 radical (unpaired) electrons. The summed E-state index contributed by atoms with van der Waals surface area (Å²) in [7, 11) is 0. The standard InChI is InChI=1S/C13H10BrFN2S/c14-11-6-5-10(7-12(11)15)17-9-3-1-8(2-4-9)13(16)18/h1-7,17H,(H2,16,18). The van der Waals surface area contributed by atoms with Crippen molar-refractivity contribution < 1.29 is 4.39 Å². The molecule has 0 amide bonds. The van der Waals surface area contributed by atoms with E-state index in [9.17, 15) is 4.39 Å². The van der Waals surface area contributed by atoms with Crippen LogP contribution in [0.15, 0.2) is 46.9 Å². The van der Waals surface area contributed by atoms with Crippen molar-refractivity contribution in [2.75, 3.05) is 5.32 Å². The first kappa shape index (κ1) is 13.0. The second-order valence-corrected chi connectivity index (χ2v) is 4.99. The van der Waals surface area contributed by atoms with E-state index >= 15 is 0 Å². The van der Waals surface area contributed by atoms with Crippen LogP contribution < -0.4 is 11.1 Å². The van der Waals surface area contributed by atoms with Gasteiger partial charge in [0.15, 0.2) is 0 Å². The summed E-state index contributed by atoms with van der Waals surface area (Å²) in [6.45, 7) is 0. The van der Waals surface area contributed by atoms with Gasteiger partial charge in [0, 0.05) is 16.9 Å². The molecule has 0 bridgehead atoms. The second-order valence-electron chi connectivity index (χ2n) is 3.70. The van der Waals surface area contributed by atoms with Gasteiger partial charge in [-0.15, -0.1) is 0 Å². The lowest BCUT2D eigenvalue weighted by Crippen LogP contribution is -2.08. The summed E-state index contributed by atoms with van der Waals surface area (Å²) in [4.78, 5) is 0.358. The minimum atomic E-state index is -0.306. The minimum absolute atomic E-state index is 0.306. The van der Waals surface area contributed by atoms with E-state index in [0.29, 0.717) is 15.1 Å². The van der Waals surface area contributed by atoms with E-state index in [0.717, 1.165) is 11.3 Å². The Morgan fingerprint density at radius 2 is 1.72 bits per heavy atom. The Morgan fingerprint density at radius 3 is 2.28 bits per heavy atom. The van der Waals surface area contributed by atoms with Gasteiger partial charge in [-0.05, 0) is 58.4 Å². The summed E-state index contributed by atoms with van der Waals surface area (Å²) >= 11 is 7.98. The van der Waals surface area contributed by atoms with Gasteiger partial charge in [0.05, 0.1) is 4.47 Å². The van der Waals surface area contributed by atoms with Crippen LogP contribution in [0.5, 0.6) is 0 Å². The molecule has 92 valence electrons. The van der Waals surface area contributed by atoms with E-state index in [1.165, 1.54) is 6.07 Å². The van der Waals surface area contributed by atoms with Crippen molar-refractivity contribution in [2.24, 2.45) is 5.73 Å². The quantitative estimate of drug-likeness (QED) is 0.839. The van der Waals surface area contributed by atoms with E-state index < -0.39 is 0 Å². The summed E-state index contributed by atoms with van der Waals surface area (Å²) in [6, 6.07) is 12.2. The van der Waals surface area contributed by atoms with Crippen LogP contribution in [0.4, 0.5) is 15.8 Å². The summed E-state index contributed by atoms with van der Waals surface area (Å²) < 4.78 is 13.8. The van der Waals surface area contributed by atoms with Crippen molar-refractivity contribution in [2.45, 2.75) is 0 Å². The third-order valence-electron chi connectivity index (χ3n) is 2.38. The monoisotopic (exact) mass is 324 g/mol. The van der Waals surface area contributed by atoms with E-state index in [1.54, 1.807) is 12.1 Å². The number of hydrogen-bond acceptors (Lipinski definition) is 2. The van der Waals surface area contributed by atoms with Crippen LogP contribution in [-0.2, 0) is 0 Å². The normalized spacial score (nSPS) is 10.1. The molecule has 0 saturated carbocycles. The number of nitrogens with one attached hydrogen (secondary N) is 1. The summed E-state index contributed by atoms with van der Waals surface area (Å²) in [5.74, 6) is -0.306. The van der Waals surface area contributed by atoms with Crippen molar-refractivity contribution in [1.29, 1.82) is 0 Å². The van der Waals surface area contributed by atoms with Crippen molar-refractivity contribution in [1.82, 2.24) is 0 Å². The molecule has 2 aromatic carbocycles. The van der Waals surface area contributed by atoms with Crippen LogP contribution in [0, 0.1) is 5.82 Å². The number of benzene rings is 2. The van der Waals surface area contributed by atoms with Crippen LogP contribution in [0.1, 0.15) is 5.56 Å². The molecule has 0 atom stereocenters. The van der Waals surface area contributed by atoms with Crippen LogP contribution in [0.2, 0.25) is 0 Å². The zero-order chi connectivity index (χ0) is 13.1. The number of thiocarbonyl (C=S) groups is 1. The molecule has 2 nitrogen and oxygen atoms in total. The summed E-state index contributed by atoms with van der Waals surface area (Å²) in [5.41, 5.74) is 7.84. The van der Waals surface area contributed by atoms with Crippen molar-refractivity contribution >= 4 is 44.5 Å². The van der Waals surface area contributed by atoms with Gasteiger partial charge >= 0.3 is 0 Å². The van der Waals surface area contributed by atoms with Crippen LogP contribution >= 0.6 is 28.1 Å². The third-order valence-corrected chi connectivity index (χ3v) is 3.26. The topological polar surface area (TPSA) is 38.0 Å². The van der Waals surface area contributed by atoms with E-state index in [4.69, 9.17) is 18.0 Å². The molecule has 0 aliphatic carbocycles. The molecule has 18 heavy (non-hydrogen) atoms. The van der Waals surface area contributed by atoms with Gasteiger partial charge < -0.3 is 11.1 Å². The fourth-order valence-corrected chi connectivity index (χ4v) is 1.84. The maximum atomic E-state index is 13.3. The van der Waals surface area contributed by atoms with Gasteiger partial charge in [-0.25, -0.2) is 4.39 Å². The maximum Gasteiger partial charge on any atom is 0.139 e. The van der Waals surface area contributed by atoms with Gasteiger partial charge in [-0.2, -0.15) is 0 Å². The lowest BCUT2D eigenvalue weighted by Gasteiger charge is -2.07. The molecule has 0 saturated heterocycles.